The zero-order valence-corrected chi connectivity index (χ0v) is 11.8. The zero-order chi connectivity index (χ0) is 15.1. The predicted molar refractivity (Wildman–Crippen MR) is 86.9 cm³/mol. The van der Waals surface area contributed by atoms with Gasteiger partial charge >= 0.3 is 0 Å². The average molecular weight is 290 g/mol. The molecule has 0 saturated heterocycles. The third kappa shape index (κ3) is 1.91. The first-order valence-electron chi connectivity index (χ1n) is 7.05. The van der Waals surface area contributed by atoms with Gasteiger partial charge in [0.15, 0.2) is 0 Å². The van der Waals surface area contributed by atoms with E-state index >= 15 is 0 Å². The van der Waals surface area contributed by atoms with Crippen LogP contribution in [0.25, 0.3) is 22.6 Å². The molecule has 0 atom stereocenters. The second kappa shape index (κ2) is 4.82. The fourth-order valence-corrected chi connectivity index (χ4v) is 2.75. The van der Waals surface area contributed by atoms with Gasteiger partial charge in [0, 0.05) is 41.0 Å². The number of benzene rings is 1. The van der Waals surface area contributed by atoms with Crippen LogP contribution in [0.15, 0.2) is 42.7 Å². The molecule has 1 amide bonds. The van der Waals surface area contributed by atoms with Crippen LogP contribution in [-0.4, -0.2) is 15.9 Å². The van der Waals surface area contributed by atoms with Gasteiger partial charge in [-0.3, -0.25) is 4.79 Å². The Balaban J connectivity index is 1.88. The number of carbonyl (C=O) groups is 1. The summed E-state index contributed by atoms with van der Waals surface area (Å²) in [6, 6.07) is 9.77. The van der Waals surface area contributed by atoms with Crippen molar-refractivity contribution in [2.75, 3.05) is 5.32 Å². The van der Waals surface area contributed by atoms with Gasteiger partial charge in [0.05, 0.1) is 5.57 Å². The quantitative estimate of drug-likeness (QED) is 0.634. The van der Waals surface area contributed by atoms with Gasteiger partial charge in [-0.2, -0.15) is 0 Å². The highest BCUT2D eigenvalue weighted by atomic mass is 16.2. The molecule has 0 radical (unpaired) electrons. The van der Waals surface area contributed by atoms with Crippen molar-refractivity contribution < 1.29 is 4.79 Å². The lowest BCUT2D eigenvalue weighted by Gasteiger charge is -1.99. The van der Waals surface area contributed by atoms with Crippen molar-refractivity contribution in [1.82, 2.24) is 9.97 Å². The molecule has 4 rings (SSSR count). The number of pyridine rings is 1. The molecule has 1 aromatic carbocycles. The Morgan fingerprint density at radius 1 is 1.27 bits per heavy atom. The maximum absolute atomic E-state index is 12.2. The number of nitrogens with one attached hydrogen (secondary N) is 2. The first kappa shape index (κ1) is 12.8. The fraction of sp³-hybridized carbons (Fsp3) is 0.0588. The van der Waals surface area contributed by atoms with E-state index in [1.807, 2.05) is 36.5 Å². The summed E-state index contributed by atoms with van der Waals surface area (Å²) in [5, 5.41) is 3.84. The summed E-state index contributed by atoms with van der Waals surface area (Å²) in [5.41, 5.74) is 10.2. The molecule has 5 nitrogen and oxygen atoms in total. The Morgan fingerprint density at radius 3 is 3.05 bits per heavy atom. The van der Waals surface area contributed by atoms with E-state index in [0.29, 0.717) is 17.9 Å². The minimum atomic E-state index is -0.127. The number of nitrogens with zero attached hydrogens (tertiary/aromatic N) is 1. The number of nitrogens with two attached hydrogens (primary N) is 1. The van der Waals surface area contributed by atoms with Crippen molar-refractivity contribution in [3.8, 4) is 0 Å². The number of amides is 1. The van der Waals surface area contributed by atoms with E-state index in [9.17, 15) is 4.79 Å². The normalized spacial score (nSPS) is 15.3. The summed E-state index contributed by atoms with van der Waals surface area (Å²) in [6.07, 6.45) is 5.46. The number of fused-ring (bicyclic) bond motifs is 2. The summed E-state index contributed by atoms with van der Waals surface area (Å²) in [5.74, 6) is 0.485. The molecule has 0 spiro atoms. The van der Waals surface area contributed by atoms with Gasteiger partial charge in [-0.05, 0) is 35.9 Å². The number of H-pyrrole nitrogens is 1. The van der Waals surface area contributed by atoms with Crippen LogP contribution in [0.1, 0.15) is 16.7 Å². The van der Waals surface area contributed by atoms with E-state index < -0.39 is 0 Å². The molecule has 1 aliphatic heterocycles. The Morgan fingerprint density at radius 2 is 2.18 bits per heavy atom. The lowest BCUT2D eigenvalue weighted by molar-refractivity contribution is -0.110. The van der Waals surface area contributed by atoms with Crippen LogP contribution in [0, 0.1) is 0 Å². The molecule has 3 heterocycles. The van der Waals surface area contributed by atoms with Crippen LogP contribution in [0.4, 0.5) is 5.82 Å². The van der Waals surface area contributed by atoms with E-state index in [1.54, 1.807) is 6.20 Å². The van der Waals surface area contributed by atoms with Gasteiger partial charge in [0.1, 0.15) is 5.82 Å². The highest BCUT2D eigenvalue weighted by Gasteiger charge is 2.24. The molecule has 22 heavy (non-hydrogen) atoms. The molecule has 4 N–H and O–H groups in total. The molecular formula is C17H14N4O. The number of hydrogen-bond acceptors (Lipinski definition) is 3. The van der Waals surface area contributed by atoms with Gasteiger partial charge < -0.3 is 16.0 Å². The van der Waals surface area contributed by atoms with Crippen LogP contribution in [0.2, 0.25) is 0 Å². The maximum atomic E-state index is 12.2. The number of rotatable bonds is 2. The van der Waals surface area contributed by atoms with E-state index in [0.717, 1.165) is 27.6 Å². The van der Waals surface area contributed by atoms with Gasteiger partial charge in [0.2, 0.25) is 0 Å². The Bertz CT molecular complexity index is 923. The number of aromatic amines is 1. The third-order valence-corrected chi connectivity index (χ3v) is 3.89. The molecule has 0 bridgehead atoms. The topological polar surface area (TPSA) is 83.8 Å². The van der Waals surface area contributed by atoms with Crippen LogP contribution < -0.4 is 11.1 Å². The summed E-state index contributed by atoms with van der Waals surface area (Å²) in [6.45, 7) is 0.490. The average Bonchev–Trinajstić information content (AvgIpc) is 3.09. The molecule has 0 saturated carbocycles. The van der Waals surface area contributed by atoms with Crippen LogP contribution in [0.3, 0.4) is 0 Å². The standard InChI is InChI=1S/C17H14N4O/c18-8-10-3-4-15-13(6-10)11(9-20-15)7-14-12-2-1-5-19-16(12)21-17(14)22/h1-7,9,20H,8,18H2,(H,19,21,22). The Hall–Kier alpha value is -2.92. The number of carbonyl (C=O) groups excluding carboxylic acids is 1. The molecule has 2 aromatic heterocycles. The van der Waals surface area contributed by atoms with E-state index in [4.69, 9.17) is 5.73 Å². The van der Waals surface area contributed by atoms with Gasteiger partial charge in [-0.1, -0.05) is 6.07 Å². The maximum Gasteiger partial charge on any atom is 0.257 e. The molecule has 0 unspecified atom stereocenters. The van der Waals surface area contributed by atoms with Crippen molar-refractivity contribution in [1.29, 1.82) is 0 Å². The SMILES string of the molecule is NCc1ccc2[nH]cc(C=C3C(=O)Nc4ncccc43)c2c1. The van der Waals surface area contributed by atoms with Crippen LogP contribution in [-0.2, 0) is 11.3 Å². The van der Waals surface area contributed by atoms with Crippen LogP contribution >= 0.6 is 0 Å². The van der Waals surface area contributed by atoms with Gasteiger partial charge in [-0.15, -0.1) is 0 Å². The van der Waals surface area contributed by atoms with Crippen molar-refractivity contribution in [2.45, 2.75) is 6.54 Å². The molecule has 0 fully saturated rings. The predicted octanol–water partition coefficient (Wildman–Crippen LogP) is 2.51. The largest absolute Gasteiger partial charge is 0.361 e. The lowest BCUT2D eigenvalue weighted by atomic mass is 10.0. The third-order valence-electron chi connectivity index (χ3n) is 3.89. The first-order chi connectivity index (χ1) is 10.8. The second-order valence-corrected chi connectivity index (χ2v) is 5.24. The highest BCUT2D eigenvalue weighted by molar-refractivity contribution is 6.34. The minimum Gasteiger partial charge on any atom is -0.361 e. The van der Waals surface area contributed by atoms with Gasteiger partial charge in [0.25, 0.3) is 5.91 Å². The summed E-state index contributed by atoms with van der Waals surface area (Å²) < 4.78 is 0. The van der Waals surface area contributed by atoms with Crippen molar-refractivity contribution >= 4 is 34.3 Å². The van der Waals surface area contributed by atoms with E-state index in [-0.39, 0.29) is 5.91 Å². The highest BCUT2D eigenvalue weighted by Crippen LogP contribution is 2.32. The minimum absolute atomic E-state index is 0.127. The number of aromatic nitrogens is 2. The van der Waals surface area contributed by atoms with E-state index in [2.05, 4.69) is 21.4 Å². The number of hydrogen-bond donors (Lipinski definition) is 3. The molecular weight excluding hydrogens is 276 g/mol. The van der Waals surface area contributed by atoms with Crippen molar-refractivity contribution in [3.63, 3.8) is 0 Å². The van der Waals surface area contributed by atoms with E-state index in [1.165, 1.54) is 0 Å². The lowest BCUT2D eigenvalue weighted by Crippen LogP contribution is -2.04. The monoisotopic (exact) mass is 290 g/mol. The Kier molecular flexibility index (Phi) is 2.80. The molecule has 1 aliphatic rings. The zero-order valence-electron chi connectivity index (χ0n) is 11.8. The fourth-order valence-electron chi connectivity index (χ4n) is 2.75. The smallest absolute Gasteiger partial charge is 0.257 e. The number of anilines is 1. The van der Waals surface area contributed by atoms with Gasteiger partial charge in [-0.25, -0.2) is 4.98 Å². The summed E-state index contributed by atoms with van der Waals surface area (Å²) in [4.78, 5) is 19.6. The summed E-state index contributed by atoms with van der Waals surface area (Å²) in [7, 11) is 0. The van der Waals surface area contributed by atoms with Crippen molar-refractivity contribution in [2.24, 2.45) is 5.73 Å². The molecule has 3 aromatic rings. The van der Waals surface area contributed by atoms with Crippen LogP contribution in [0.5, 0.6) is 0 Å². The molecule has 0 aliphatic carbocycles. The van der Waals surface area contributed by atoms with Crippen molar-refractivity contribution in [3.05, 3.63) is 59.4 Å². The molecule has 108 valence electrons. The second-order valence-electron chi connectivity index (χ2n) is 5.24. The Labute approximate surface area is 126 Å². The first-order valence-corrected chi connectivity index (χ1v) is 7.05. The molecule has 5 heteroatoms. The summed E-state index contributed by atoms with van der Waals surface area (Å²) >= 11 is 0.